The third kappa shape index (κ3) is 2.21. The predicted octanol–water partition coefficient (Wildman–Crippen LogP) is 0.681. The molecule has 8 heteroatoms. The number of nitrogens with zero attached hydrogens (tertiary/aromatic N) is 1. The summed E-state index contributed by atoms with van der Waals surface area (Å²) in [5, 5.41) is 14.0. The first-order chi connectivity index (χ1) is 6.75. The Kier molecular flexibility index (Phi) is 2.91. The first kappa shape index (κ1) is 11.8. The van der Waals surface area contributed by atoms with Crippen LogP contribution in [-0.2, 0) is 10.0 Å². The third-order valence-electron chi connectivity index (χ3n) is 1.76. The molecular weight excluding hydrogens is 230 g/mol. The molecule has 0 saturated heterocycles. The lowest BCUT2D eigenvalue weighted by molar-refractivity contribution is 0.143. The average Bonchev–Trinajstić information content (AvgIpc) is 2.06. The highest BCUT2D eigenvalue weighted by atomic mass is 32.2. The van der Waals surface area contributed by atoms with Gasteiger partial charge < -0.3 is 5.11 Å². The zero-order valence-corrected chi connectivity index (χ0v) is 8.42. The monoisotopic (exact) mass is 238 g/mol. The molecule has 0 spiro atoms. The molecule has 0 radical (unpaired) electrons. The van der Waals surface area contributed by atoms with Gasteiger partial charge in [-0.2, -0.15) is 0 Å². The van der Waals surface area contributed by atoms with E-state index >= 15 is 0 Å². The van der Waals surface area contributed by atoms with Crippen LogP contribution >= 0.6 is 0 Å². The van der Waals surface area contributed by atoms with Crippen LogP contribution in [0.3, 0.4) is 0 Å². The van der Waals surface area contributed by atoms with Crippen LogP contribution in [-0.4, -0.2) is 18.5 Å². The maximum absolute atomic E-state index is 12.5. The maximum Gasteiger partial charge on any atom is 0.268 e. The highest BCUT2D eigenvalue weighted by Crippen LogP contribution is 2.34. The number of hydrogen-bond acceptors (Lipinski definition) is 4. The quantitative estimate of drug-likeness (QED) is 0.792. The SMILES string of the molecule is Cc1ncc(S(N)(=O)=O)c(C(F)F)c1O. The van der Waals surface area contributed by atoms with Crippen LogP contribution < -0.4 is 5.14 Å². The molecule has 15 heavy (non-hydrogen) atoms. The van der Waals surface area contributed by atoms with Gasteiger partial charge in [0.2, 0.25) is 10.0 Å². The Morgan fingerprint density at radius 1 is 1.53 bits per heavy atom. The summed E-state index contributed by atoms with van der Waals surface area (Å²) >= 11 is 0. The molecule has 0 amide bonds. The van der Waals surface area contributed by atoms with Crippen molar-refractivity contribution >= 4 is 10.0 Å². The van der Waals surface area contributed by atoms with Crippen molar-refractivity contribution in [3.63, 3.8) is 0 Å². The average molecular weight is 238 g/mol. The molecule has 0 aliphatic carbocycles. The van der Waals surface area contributed by atoms with Crippen LogP contribution in [0.2, 0.25) is 0 Å². The van der Waals surface area contributed by atoms with Gasteiger partial charge in [0, 0.05) is 6.20 Å². The summed E-state index contributed by atoms with van der Waals surface area (Å²) in [4.78, 5) is 2.59. The minimum Gasteiger partial charge on any atom is -0.505 e. The van der Waals surface area contributed by atoms with Crippen molar-refractivity contribution in [1.29, 1.82) is 0 Å². The Morgan fingerprint density at radius 2 is 2.07 bits per heavy atom. The Hall–Kier alpha value is -1.28. The largest absolute Gasteiger partial charge is 0.505 e. The molecule has 84 valence electrons. The van der Waals surface area contributed by atoms with Crippen LogP contribution in [0.15, 0.2) is 11.1 Å². The number of hydrogen-bond donors (Lipinski definition) is 2. The van der Waals surface area contributed by atoms with E-state index in [1.807, 2.05) is 0 Å². The van der Waals surface area contributed by atoms with Crippen LogP contribution in [0, 0.1) is 6.92 Å². The molecule has 0 atom stereocenters. The van der Waals surface area contributed by atoms with E-state index < -0.39 is 32.7 Å². The van der Waals surface area contributed by atoms with Gasteiger partial charge in [-0.3, -0.25) is 4.98 Å². The zero-order valence-electron chi connectivity index (χ0n) is 7.61. The number of sulfonamides is 1. The molecule has 1 heterocycles. The summed E-state index contributed by atoms with van der Waals surface area (Å²) < 4.78 is 46.8. The van der Waals surface area contributed by atoms with Gasteiger partial charge in [-0.15, -0.1) is 0 Å². The van der Waals surface area contributed by atoms with Gasteiger partial charge in [0.05, 0.1) is 11.3 Å². The van der Waals surface area contributed by atoms with Crippen molar-refractivity contribution in [3.8, 4) is 5.75 Å². The number of nitrogens with two attached hydrogens (primary N) is 1. The van der Waals surface area contributed by atoms with Gasteiger partial charge >= 0.3 is 0 Å². The van der Waals surface area contributed by atoms with Crippen molar-refractivity contribution in [2.75, 3.05) is 0 Å². The van der Waals surface area contributed by atoms with Gasteiger partial charge in [0.1, 0.15) is 10.6 Å². The van der Waals surface area contributed by atoms with Crippen LogP contribution in [0.1, 0.15) is 17.7 Å². The highest BCUT2D eigenvalue weighted by Gasteiger charge is 2.26. The lowest BCUT2D eigenvalue weighted by atomic mass is 10.2. The van der Waals surface area contributed by atoms with Crippen molar-refractivity contribution in [2.24, 2.45) is 5.14 Å². The molecule has 0 bridgehead atoms. The second-order valence-corrected chi connectivity index (χ2v) is 4.35. The molecule has 0 unspecified atom stereocenters. The molecule has 0 fully saturated rings. The van der Waals surface area contributed by atoms with E-state index in [4.69, 9.17) is 5.14 Å². The van der Waals surface area contributed by atoms with Gasteiger partial charge in [0.15, 0.2) is 0 Å². The fourth-order valence-electron chi connectivity index (χ4n) is 1.04. The molecule has 0 aliphatic rings. The van der Waals surface area contributed by atoms with Gasteiger partial charge in [-0.05, 0) is 6.92 Å². The van der Waals surface area contributed by atoms with E-state index in [-0.39, 0.29) is 5.69 Å². The van der Waals surface area contributed by atoms with Gasteiger partial charge in [0.25, 0.3) is 6.43 Å². The molecule has 0 aromatic carbocycles. The van der Waals surface area contributed by atoms with Crippen LogP contribution in [0.4, 0.5) is 8.78 Å². The third-order valence-corrected chi connectivity index (χ3v) is 2.70. The first-order valence-corrected chi connectivity index (χ1v) is 5.29. The summed E-state index contributed by atoms with van der Waals surface area (Å²) in [6, 6.07) is 0. The summed E-state index contributed by atoms with van der Waals surface area (Å²) in [5.41, 5.74) is -1.09. The Balaban J connectivity index is 3.62. The van der Waals surface area contributed by atoms with Crippen molar-refractivity contribution in [1.82, 2.24) is 4.98 Å². The minimum absolute atomic E-state index is 0.0855. The Morgan fingerprint density at radius 3 is 2.47 bits per heavy atom. The smallest absolute Gasteiger partial charge is 0.268 e. The number of aromatic nitrogens is 1. The topological polar surface area (TPSA) is 93.3 Å². The fourth-order valence-corrected chi connectivity index (χ4v) is 1.73. The molecule has 0 saturated carbocycles. The van der Waals surface area contributed by atoms with E-state index in [0.29, 0.717) is 6.20 Å². The normalized spacial score (nSPS) is 12.1. The molecule has 5 nitrogen and oxygen atoms in total. The summed E-state index contributed by atoms with van der Waals surface area (Å²) in [6.07, 6.45) is -2.44. The van der Waals surface area contributed by atoms with Crippen LogP contribution in [0.5, 0.6) is 5.75 Å². The van der Waals surface area contributed by atoms with E-state index in [1.165, 1.54) is 6.92 Å². The highest BCUT2D eigenvalue weighted by molar-refractivity contribution is 7.89. The van der Waals surface area contributed by atoms with Crippen molar-refractivity contribution in [2.45, 2.75) is 18.2 Å². The van der Waals surface area contributed by atoms with Crippen molar-refractivity contribution in [3.05, 3.63) is 17.5 Å². The molecule has 3 N–H and O–H groups in total. The van der Waals surface area contributed by atoms with Gasteiger partial charge in [-0.1, -0.05) is 0 Å². The minimum atomic E-state index is -4.32. The standard InChI is InChI=1S/C7H8F2N2O3S/c1-3-6(12)5(7(8)9)4(2-11-3)15(10,13)14/h2,7,12H,1H3,(H2,10,13,14). The van der Waals surface area contributed by atoms with E-state index in [0.717, 1.165) is 0 Å². The molecule has 1 aromatic heterocycles. The molecule has 1 rings (SSSR count). The lowest BCUT2D eigenvalue weighted by Crippen LogP contribution is -2.15. The fraction of sp³-hybridized carbons (Fsp3) is 0.286. The summed E-state index contributed by atoms with van der Waals surface area (Å²) in [5.74, 6) is -0.850. The molecule has 0 aliphatic heterocycles. The lowest BCUT2D eigenvalue weighted by Gasteiger charge is -2.09. The Labute approximate surface area is 84.6 Å². The second-order valence-electron chi connectivity index (χ2n) is 2.82. The number of aromatic hydroxyl groups is 1. The predicted molar refractivity (Wildman–Crippen MR) is 47.0 cm³/mol. The number of halogens is 2. The number of rotatable bonds is 2. The van der Waals surface area contributed by atoms with Crippen LogP contribution in [0.25, 0.3) is 0 Å². The number of alkyl halides is 2. The molecule has 1 aromatic rings. The zero-order chi connectivity index (χ0) is 11.8. The number of aryl methyl sites for hydroxylation is 1. The van der Waals surface area contributed by atoms with E-state index in [1.54, 1.807) is 0 Å². The summed E-state index contributed by atoms with van der Waals surface area (Å²) in [6.45, 7) is 1.27. The van der Waals surface area contributed by atoms with E-state index in [2.05, 4.69) is 4.98 Å². The maximum atomic E-state index is 12.5. The first-order valence-electron chi connectivity index (χ1n) is 3.74. The van der Waals surface area contributed by atoms with Crippen molar-refractivity contribution < 1.29 is 22.3 Å². The van der Waals surface area contributed by atoms with E-state index in [9.17, 15) is 22.3 Å². The number of primary sulfonamides is 1. The van der Waals surface area contributed by atoms with Gasteiger partial charge in [-0.25, -0.2) is 22.3 Å². The molecular formula is C7H8F2N2O3S. The second kappa shape index (κ2) is 3.70. The Bertz CT molecular complexity index is 487. The summed E-state index contributed by atoms with van der Waals surface area (Å²) in [7, 11) is -4.32. The number of pyridine rings is 1.